The standard InChI is InChI=1S/C18H30N2O3/c21-17(16-3-1-9-23-16)20-7-2-6-18(13-20)12-19(8-10-22-14-18)11-15-4-5-15/h15-16H,1-14H2/t16-,18-/m0/s1. The SMILES string of the molecule is O=C([C@@H]1CCCO1)N1CCC[C@@]2(COCCN(CC3CC3)C2)C1. The molecule has 0 unspecified atom stereocenters. The topological polar surface area (TPSA) is 42.0 Å². The highest BCUT2D eigenvalue weighted by atomic mass is 16.5. The molecule has 5 nitrogen and oxygen atoms in total. The van der Waals surface area contributed by atoms with E-state index >= 15 is 0 Å². The summed E-state index contributed by atoms with van der Waals surface area (Å²) in [5, 5.41) is 0. The highest BCUT2D eigenvalue weighted by Gasteiger charge is 2.42. The van der Waals surface area contributed by atoms with Crippen LogP contribution in [0.3, 0.4) is 0 Å². The molecule has 2 atom stereocenters. The van der Waals surface area contributed by atoms with Gasteiger partial charge in [-0.3, -0.25) is 4.79 Å². The van der Waals surface area contributed by atoms with Crippen LogP contribution in [0.25, 0.3) is 0 Å². The van der Waals surface area contributed by atoms with Crippen LogP contribution in [0.2, 0.25) is 0 Å². The largest absolute Gasteiger partial charge is 0.379 e. The van der Waals surface area contributed by atoms with Gasteiger partial charge in [-0.1, -0.05) is 0 Å². The van der Waals surface area contributed by atoms with Gasteiger partial charge in [-0.15, -0.1) is 0 Å². The van der Waals surface area contributed by atoms with Crippen LogP contribution in [-0.4, -0.2) is 74.4 Å². The average molecular weight is 322 g/mol. The lowest BCUT2D eigenvalue weighted by Crippen LogP contribution is -2.54. The zero-order valence-corrected chi connectivity index (χ0v) is 14.2. The van der Waals surface area contributed by atoms with Crippen molar-refractivity contribution in [1.82, 2.24) is 9.80 Å². The van der Waals surface area contributed by atoms with Gasteiger partial charge in [-0.25, -0.2) is 0 Å². The molecule has 0 radical (unpaired) electrons. The predicted molar refractivity (Wildman–Crippen MR) is 87.2 cm³/mol. The fourth-order valence-corrected chi connectivity index (χ4v) is 4.52. The number of carbonyl (C=O) groups excluding carboxylic acids is 1. The van der Waals surface area contributed by atoms with Crippen molar-refractivity contribution in [2.24, 2.45) is 11.3 Å². The first-order valence-corrected chi connectivity index (χ1v) is 9.45. The third-order valence-electron chi connectivity index (χ3n) is 5.91. The van der Waals surface area contributed by atoms with Gasteiger partial charge in [-0.2, -0.15) is 0 Å². The third-order valence-corrected chi connectivity index (χ3v) is 5.91. The van der Waals surface area contributed by atoms with Crippen molar-refractivity contribution < 1.29 is 14.3 Å². The molecule has 3 saturated heterocycles. The molecule has 3 heterocycles. The van der Waals surface area contributed by atoms with Crippen LogP contribution in [0.15, 0.2) is 0 Å². The summed E-state index contributed by atoms with van der Waals surface area (Å²) in [5.41, 5.74) is 0.137. The molecule has 1 amide bonds. The summed E-state index contributed by atoms with van der Waals surface area (Å²) in [6, 6.07) is 0. The molecule has 5 heteroatoms. The number of carbonyl (C=O) groups is 1. The second kappa shape index (κ2) is 6.69. The van der Waals surface area contributed by atoms with Gasteiger partial charge in [0.1, 0.15) is 6.10 Å². The number of rotatable bonds is 3. The van der Waals surface area contributed by atoms with E-state index in [4.69, 9.17) is 9.47 Å². The molecule has 3 aliphatic heterocycles. The summed E-state index contributed by atoms with van der Waals surface area (Å²) in [6.07, 6.45) is 6.81. The molecule has 1 aliphatic carbocycles. The minimum Gasteiger partial charge on any atom is -0.379 e. The first-order chi connectivity index (χ1) is 11.2. The zero-order chi connectivity index (χ0) is 15.7. The Balaban J connectivity index is 1.41. The van der Waals surface area contributed by atoms with Gasteiger partial charge in [0.25, 0.3) is 5.91 Å². The van der Waals surface area contributed by atoms with Crippen LogP contribution in [0.5, 0.6) is 0 Å². The monoisotopic (exact) mass is 322 g/mol. The summed E-state index contributed by atoms with van der Waals surface area (Å²) in [4.78, 5) is 17.4. The van der Waals surface area contributed by atoms with Crippen LogP contribution < -0.4 is 0 Å². The summed E-state index contributed by atoms with van der Waals surface area (Å²) in [5.74, 6) is 1.14. The Morgan fingerprint density at radius 3 is 2.78 bits per heavy atom. The molecule has 4 aliphatic rings. The van der Waals surface area contributed by atoms with Crippen LogP contribution >= 0.6 is 0 Å². The van der Waals surface area contributed by atoms with E-state index in [-0.39, 0.29) is 17.4 Å². The Hall–Kier alpha value is -0.650. The van der Waals surface area contributed by atoms with Gasteiger partial charge >= 0.3 is 0 Å². The molecule has 0 N–H and O–H groups in total. The Labute approximate surface area is 139 Å². The minimum absolute atomic E-state index is 0.137. The number of hydrogen-bond acceptors (Lipinski definition) is 4. The maximum atomic E-state index is 12.7. The van der Waals surface area contributed by atoms with Crippen LogP contribution in [0, 0.1) is 11.3 Å². The summed E-state index contributed by atoms with van der Waals surface area (Å²) < 4.78 is 11.6. The lowest BCUT2D eigenvalue weighted by Gasteiger charge is -2.44. The zero-order valence-electron chi connectivity index (χ0n) is 14.2. The highest BCUT2D eigenvalue weighted by molar-refractivity contribution is 5.81. The lowest BCUT2D eigenvalue weighted by atomic mass is 9.79. The molecule has 1 spiro atoms. The van der Waals surface area contributed by atoms with Crippen molar-refractivity contribution in [2.75, 3.05) is 52.5 Å². The fraction of sp³-hybridized carbons (Fsp3) is 0.944. The van der Waals surface area contributed by atoms with E-state index in [1.54, 1.807) is 0 Å². The summed E-state index contributed by atoms with van der Waals surface area (Å²) in [7, 11) is 0. The van der Waals surface area contributed by atoms with Gasteiger partial charge in [-0.05, 0) is 44.4 Å². The number of ether oxygens (including phenoxy) is 2. The fourth-order valence-electron chi connectivity index (χ4n) is 4.52. The van der Waals surface area contributed by atoms with Gasteiger partial charge in [0.15, 0.2) is 0 Å². The van der Waals surface area contributed by atoms with E-state index in [0.29, 0.717) is 0 Å². The molecule has 0 aromatic rings. The highest BCUT2D eigenvalue weighted by Crippen LogP contribution is 2.36. The number of hydrogen-bond donors (Lipinski definition) is 0. The quantitative estimate of drug-likeness (QED) is 0.790. The second-order valence-corrected chi connectivity index (χ2v) is 8.10. The van der Waals surface area contributed by atoms with Crippen molar-refractivity contribution >= 4 is 5.91 Å². The average Bonchev–Trinajstić information content (AvgIpc) is 3.24. The molecular formula is C18H30N2O3. The van der Waals surface area contributed by atoms with E-state index in [1.807, 2.05) is 0 Å². The number of likely N-dealkylation sites (tertiary alicyclic amines) is 1. The van der Waals surface area contributed by atoms with Gasteiger partial charge in [0.05, 0.1) is 13.2 Å². The van der Waals surface area contributed by atoms with E-state index in [9.17, 15) is 4.79 Å². The van der Waals surface area contributed by atoms with E-state index in [2.05, 4.69) is 9.80 Å². The van der Waals surface area contributed by atoms with Crippen molar-refractivity contribution in [1.29, 1.82) is 0 Å². The minimum atomic E-state index is -0.181. The molecule has 0 aromatic heterocycles. The van der Waals surface area contributed by atoms with Crippen LogP contribution in [0.1, 0.15) is 38.5 Å². The smallest absolute Gasteiger partial charge is 0.251 e. The van der Waals surface area contributed by atoms with Crippen molar-refractivity contribution in [2.45, 2.75) is 44.6 Å². The number of nitrogens with zero attached hydrogens (tertiary/aromatic N) is 2. The summed E-state index contributed by atoms with van der Waals surface area (Å²) in [6.45, 7) is 7.52. The lowest BCUT2D eigenvalue weighted by molar-refractivity contribution is -0.145. The molecule has 4 rings (SSSR count). The van der Waals surface area contributed by atoms with Crippen LogP contribution in [0.4, 0.5) is 0 Å². The molecule has 130 valence electrons. The normalized spacial score (nSPS) is 36.3. The van der Waals surface area contributed by atoms with Crippen molar-refractivity contribution in [3.63, 3.8) is 0 Å². The van der Waals surface area contributed by atoms with Gasteiger partial charge < -0.3 is 19.3 Å². The van der Waals surface area contributed by atoms with E-state index in [0.717, 1.165) is 71.2 Å². The molecule has 1 saturated carbocycles. The third kappa shape index (κ3) is 3.72. The molecule has 0 bridgehead atoms. The molecular weight excluding hydrogens is 292 g/mol. The summed E-state index contributed by atoms with van der Waals surface area (Å²) >= 11 is 0. The van der Waals surface area contributed by atoms with E-state index < -0.39 is 0 Å². The number of piperidine rings is 1. The second-order valence-electron chi connectivity index (χ2n) is 8.10. The first kappa shape index (κ1) is 15.9. The van der Waals surface area contributed by atoms with Gasteiger partial charge in [0, 0.05) is 44.7 Å². The first-order valence-electron chi connectivity index (χ1n) is 9.45. The van der Waals surface area contributed by atoms with Crippen LogP contribution in [-0.2, 0) is 14.3 Å². The number of amides is 1. The van der Waals surface area contributed by atoms with Crippen molar-refractivity contribution in [3.8, 4) is 0 Å². The Morgan fingerprint density at radius 2 is 2.00 bits per heavy atom. The molecule has 23 heavy (non-hydrogen) atoms. The van der Waals surface area contributed by atoms with Gasteiger partial charge in [0.2, 0.25) is 0 Å². The predicted octanol–water partition coefficient (Wildman–Crippen LogP) is 1.52. The Bertz CT molecular complexity index is 434. The van der Waals surface area contributed by atoms with Crippen molar-refractivity contribution in [3.05, 3.63) is 0 Å². The Kier molecular flexibility index (Phi) is 4.61. The molecule has 4 fully saturated rings. The maximum Gasteiger partial charge on any atom is 0.251 e. The maximum absolute atomic E-state index is 12.7. The molecule has 0 aromatic carbocycles. The Morgan fingerprint density at radius 1 is 1.09 bits per heavy atom. The van der Waals surface area contributed by atoms with E-state index in [1.165, 1.54) is 25.8 Å².